The Hall–Kier alpha value is -0.220. The van der Waals surface area contributed by atoms with Crippen LogP contribution in [0.3, 0.4) is 0 Å². The van der Waals surface area contributed by atoms with Gasteiger partial charge in [0.05, 0.1) is 7.11 Å². The minimum atomic E-state index is -0.429. The van der Waals surface area contributed by atoms with E-state index in [9.17, 15) is 4.79 Å². The van der Waals surface area contributed by atoms with Crippen molar-refractivity contribution in [2.24, 2.45) is 5.92 Å². The fourth-order valence-electron chi connectivity index (χ4n) is 1.76. The van der Waals surface area contributed by atoms with Gasteiger partial charge in [-0.25, -0.2) is 0 Å². The normalized spacial score (nSPS) is 26.7. The minimum Gasteiger partial charge on any atom is -0.468 e. The van der Waals surface area contributed by atoms with Crippen LogP contribution >= 0.6 is 11.8 Å². The third-order valence-electron chi connectivity index (χ3n) is 2.67. The number of carbonyl (C=O) groups is 1. The van der Waals surface area contributed by atoms with Crippen molar-refractivity contribution in [3.8, 4) is 0 Å². The second-order valence-corrected chi connectivity index (χ2v) is 5.61. The third kappa shape index (κ3) is 3.38. The molecule has 88 valence electrons. The Labute approximate surface area is 96.3 Å². The van der Waals surface area contributed by atoms with Gasteiger partial charge in [-0.15, -0.1) is 0 Å². The maximum Gasteiger partial charge on any atom is 0.326 e. The molecular weight excluding hydrogens is 210 g/mol. The maximum atomic E-state index is 11.8. The van der Waals surface area contributed by atoms with E-state index in [-0.39, 0.29) is 5.97 Å². The summed E-state index contributed by atoms with van der Waals surface area (Å²) in [5.41, 5.74) is -0.429. The van der Waals surface area contributed by atoms with E-state index < -0.39 is 5.54 Å². The van der Waals surface area contributed by atoms with Crippen molar-refractivity contribution in [1.82, 2.24) is 5.32 Å². The molecule has 1 fully saturated rings. The van der Waals surface area contributed by atoms with Gasteiger partial charge in [-0.3, -0.25) is 4.79 Å². The monoisotopic (exact) mass is 231 g/mol. The lowest BCUT2D eigenvalue weighted by Gasteiger charge is -2.35. The molecule has 1 aliphatic heterocycles. The average Bonchev–Trinajstić information content (AvgIpc) is 2.26. The molecule has 0 spiro atoms. The van der Waals surface area contributed by atoms with Crippen LogP contribution in [0.15, 0.2) is 0 Å². The molecule has 1 atom stereocenters. The second-order valence-electron chi connectivity index (χ2n) is 4.50. The quantitative estimate of drug-likeness (QED) is 0.747. The van der Waals surface area contributed by atoms with E-state index in [2.05, 4.69) is 19.2 Å². The predicted molar refractivity (Wildman–Crippen MR) is 64.1 cm³/mol. The van der Waals surface area contributed by atoms with Crippen LogP contribution in [0.4, 0.5) is 0 Å². The Bertz CT molecular complexity index is 213. The molecule has 1 N–H and O–H groups in total. The van der Waals surface area contributed by atoms with Gasteiger partial charge in [-0.1, -0.05) is 13.8 Å². The fourth-order valence-corrected chi connectivity index (χ4v) is 2.97. The summed E-state index contributed by atoms with van der Waals surface area (Å²) in [7, 11) is 1.47. The number of methoxy groups -OCH3 is 1. The van der Waals surface area contributed by atoms with Gasteiger partial charge in [0.2, 0.25) is 0 Å². The lowest BCUT2D eigenvalue weighted by Crippen LogP contribution is -2.57. The number of hydrogen-bond acceptors (Lipinski definition) is 4. The maximum absolute atomic E-state index is 11.8. The van der Waals surface area contributed by atoms with Crippen LogP contribution in [-0.4, -0.2) is 36.7 Å². The number of nitrogens with one attached hydrogen (secondary N) is 1. The van der Waals surface area contributed by atoms with Crippen LogP contribution in [0.5, 0.6) is 0 Å². The van der Waals surface area contributed by atoms with Crippen LogP contribution in [0.1, 0.15) is 26.7 Å². The highest BCUT2D eigenvalue weighted by molar-refractivity contribution is 7.99. The molecule has 0 aliphatic carbocycles. The molecule has 1 aliphatic rings. The topological polar surface area (TPSA) is 38.3 Å². The molecule has 0 aromatic rings. The van der Waals surface area contributed by atoms with E-state index in [1.54, 1.807) is 0 Å². The van der Waals surface area contributed by atoms with Crippen LogP contribution in [0, 0.1) is 5.92 Å². The number of thioether (sulfide) groups is 1. The van der Waals surface area contributed by atoms with Crippen molar-refractivity contribution < 1.29 is 9.53 Å². The first-order valence-electron chi connectivity index (χ1n) is 5.52. The fraction of sp³-hybridized carbons (Fsp3) is 0.909. The average molecular weight is 231 g/mol. The van der Waals surface area contributed by atoms with Gasteiger partial charge in [0.25, 0.3) is 0 Å². The first kappa shape index (κ1) is 12.8. The number of carbonyl (C=O) groups excluding carboxylic acids is 1. The van der Waals surface area contributed by atoms with Crippen LogP contribution < -0.4 is 5.32 Å². The summed E-state index contributed by atoms with van der Waals surface area (Å²) in [4.78, 5) is 11.8. The van der Waals surface area contributed by atoms with Crippen LogP contribution in [0.2, 0.25) is 0 Å². The summed E-state index contributed by atoms with van der Waals surface area (Å²) in [5, 5.41) is 3.39. The van der Waals surface area contributed by atoms with E-state index >= 15 is 0 Å². The summed E-state index contributed by atoms with van der Waals surface area (Å²) >= 11 is 1.83. The third-order valence-corrected chi connectivity index (χ3v) is 3.94. The van der Waals surface area contributed by atoms with Gasteiger partial charge in [0, 0.05) is 5.75 Å². The van der Waals surface area contributed by atoms with Gasteiger partial charge >= 0.3 is 5.97 Å². The summed E-state index contributed by atoms with van der Waals surface area (Å²) in [6.07, 6.45) is 1.99. The first-order valence-corrected chi connectivity index (χ1v) is 6.67. The molecule has 0 bridgehead atoms. The highest BCUT2D eigenvalue weighted by Crippen LogP contribution is 2.28. The Morgan fingerprint density at radius 1 is 1.60 bits per heavy atom. The first-order chi connectivity index (χ1) is 7.10. The van der Waals surface area contributed by atoms with Crippen molar-refractivity contribution >= 4 is 17.7 Å². The minimum absolute atomic E-state index is 0.102. The van der Waals surface area contributed by atoms with Crippen molar-refractivity contribution in [3.63, 3.8) is 0 Å². The lowest BCUT2D eigenvalue weighted by atomic mass is 9.94. The van der Waals surface area contributed by atoms with Gasteiger partial charge < -0.3 is 10.1 Å². The Balaban J connectivity index is 2.62. The van der Waals surface area contributed by atoms with Gasteiger partial charge in [0.1, 0.15) is 5.54 Å². The van der Waals surface area contributed by atoms with E-state index in [1.807, 2.05) is 11.8 Å². The molecule has 0 aromatic carbocycles. The molecule has 1 unspecified atom stereocenters. The smallest absolute Gasteiger partial charge is 0.326 e. The Kier molecular flexibility index (Phi) is 4.93. The van der Waals surface area contributed by atoms with Gasteiger partial charge in [-0.05, 0) is 31.1 Å². The van der Waals surface area contributed by atoms with Gasteiger partial charge in [-0.2, -0.15) is 11.8 Å². The number of hydrogen-bond donors (Lipinski definition) is 1. The van der Waals surface area contributed by atoms with Crippen LogP contribution in [0.25, 0.3) is 0 Å². The zero-order chi connectivity index (χ0) is 11.3. The van der Waals surface area contributed by atoms with Crippen molar-refractivity contribution in [2.45, 2.75) is 32.2 Å². The van der Waals surface area contributed by atoms with E-state index in [0.717, 1.165) is 30.9 Å². The molecular formula is C11H21NO2S. The van der Waals surface area contributed by atoms with Crippen molar-refractivity contribution in [2.75, 3.05) is 25.2 Å². The molecule has 1 heterocycles. The molecule has 0 amide bonds. The lowest BCUT2D eigenvalue weighted by molar-refractivity contribution is -0.148. The van der Waals surface area contributed by atoms with E-state index in [4.69, 9.17) is 4.74 Å². The zero-order valence-corrected chi connectivity index (χ0v) is 10.7. The highest BCUT2D eigenvalue weighted by atomic mass is 32.2. The molecule has 15 heavy (non-hydrogen) atoms. The summed E-state index contributed by atoms with van der Waals surface area (Å²) < 4.78 is 4.91. The molecule has 1 rings (SSSR count). The summed E-state index contributed by atoms with van der Waals surface area (Å²) in [6.45, 7) is 5.16. The second kappa shape index (κ2) is 5.75. The Morgan fingerprint density at radius 2 is 2.33 bits per heavy atom. The number of rotatable bonds is 4. The summed E-state index contributed by atoms with van der Waals surface area (Å²) in [5.74, 6) is 2.45. The highest BCUT2D eigenvalue weighted by Gasteiger charge is 2.40. The standard InChI is InChI=1S/C11H21NO2S/c1-9(2)7-12-11(10(13)14-3)5-4-6-15-8-11/h9,12H,4-8H2,1-3H3. The Morgan fingerprint density at radius 3 is 2.80 bits per heavy atom. The molecule has 1 saturated heterocycles. The molecule has 0 aromatic heterocycles. The van der Waals surface area contributed by atoms with Gasteiger partial charge in [0.15, 0.2) is 0 Å². The van der Waals surface area contributed by atoms with Crippen molar-refractivity contribution in [3.05, 3.63) is 0 Å². The number of ether oxygens (including phenoxy) is 1. The molecule has 0 saturated carbocycles. The summed E-state index contributed by atoms with van der Waals surface area (Å²) in [6, 6.07) is 0. The number of esters is 1. The van der Waals surface area contributed by atoms with E-state index in [0.29, 0.717) is 5.92 Å². The SMILES string of the molecule is COC(=O)C1(NCC(C)C)CCCSC1. The zero-order valence-electron chi connectivity index (χ0n) is 9.84. The molecule has 4 heteroatoms. The van der Waals surface area contributed by atoms with E-state index in [1.165, 1.54) is 7.11 Å². The predicted octanol–water partition coefficient (Wildman–Crippen LogP) is 1.67. The largest absolute Gasteiger partial charge is 0.468 e. The molecule has 3 nitrogen and oxygen atoms in total. The molecule has 0 radical (unpaired) electrons. The van der Waals surface area contributed by atoms with Crippen LogP contribution in [-0.2, 0) is 9.53 Å². The van der Waals surface area contributed by atoms with Crippen molar-refractivity contribution in [1.29, 1.82) is 0 Å².